The van der Waals surface area contributed by atoms with Crippen molar-refractivity contribution in [3.63, 3.8) is 0 Å². The molecular weight excluding hydrogens is 484 g/mol. The number of hydrogen-bond acceptors (Lipinski definition) is 4. The minimum absolute atomic E-state index is 0.00641. The quantitative estimate of drug-likeness (QED) is 0.265. The average molecular weight is 541 g/mol. The molecule has 0 heterocycles. The zero-order chi connectivity index (χ0) is 28.8. The summed E-state index contributed by atoms with van der Waals surface area (Å²) in [6, 6.07) is 0. The Hall–Kier alpha value is -1.32. The topological polar surface area (TPSA) is 52.6 Å². The van der Waals surface area contributed by atoms with Crippen LogP contribution in [0.3, 0.4) is 0 Å². The highest BCUT2D eigenvalue weighted by molar-refractivity contribution is 5.78. The Bertz CT molecular complexity index is 1030. The Balaban J connectivity index is 1.49. The summed E-state index contributed by atoms with van der Waals surface area (Å²) in [4.78, 5) is 26.1. The van der Waals surface area contributed by atoms with Crippen LogP contribution in [0.15, 0.2) is 12.2 Å². The third kappa shape index (κ3) is 3.80. The van der Waals surface area contributed by atoms with Gasteiger partial charge in [0.25, 0.3) is 0 Å². The largest absolute Gasteiger partial charge is 0.469 e. The number of methoxy groups -OCH3 is 1. The molecule has 0 amide bonds. The lowest BCUT2D eigenvalue weighted by molar-refractivity contribution is -0.251. The van der Waals surface area contributed by atoms with Gasteiger partial charge in [0.05, 0.1) is 18.4 Å². The normalized spacial score (nSPS) is 48.3. The second kappa shape index (κ2) is 9.35. The first-order chi connectivity index (χ1) is 18.1. The van der Waals surface area contributed by atoms with Gasteiger partial charge in [0.2, 0.25) is 0 Å². The fourth-order valence-electron chi connectivity index (χ4n) is 12.2. The van der Waals surface area contributed by atoms with E-state index < -0.39 is 0 Å². The number of rotatable bonds is 4. The summed E-state index contributed by atoms with van der Waals surface area (Å²) in [6.45, 7) is 23.1. The summed E-state index contributed by atoms with van der Waals surface area (Å²) in [6.07, 6.45) is 11.1. The standard InChI is InChI=1S/C35H56O4/c1-21(2)23-13-18-35(30(37)38-10)20-19-33(8)24(28(23)35)11-12-26-32(7)16-15-27(39-29(36)22(3)4)31(5,6)25(32)14-17-34(26,33)9/h22-28H,1,11-20H2,2-10H3/t23-,24+,25-,26+,27-,28+,32-,33+,34+,35-/m0/s1. The Morgan fingerprint density at radius 1 is 0.821 bits per heavy atom. The second-order valence-electron chi connectivity index (χ2n) is 16.3. The lowest BCUT2D eigenvalue weighted by Crippen LogP contribution is -2.67. The molecule has 0 unspecified atom stereocenters. The van der Waals surface area contributed by atoms with E-state index >= 15 is 0 Å². The molecule has 0 spiro atoms. The van der Waals surface area contributed by atoms with E-state index in [0.29, 0.717) is 29.6 Å². The summed E-state index contributed by atoms with van der Waals surface area (Å²) >= 11 is 0. The number of hydrogen-bond donors (Lipinski definition) is 0. The molecule has 0 aliphatic heterocycles. The van der Waals surface area contributed by atoms with Gasteiger partial charge in [-0.15, -0.1) is 0 Å². The van der Waals surface area contributed by atoms with Crippen LogP contribution in [-0.2, 0) is 19.1 Å². The number of carbonyl (C=O) groups excluding carboxylic acids is 2. The third-order valence-electron chi connectivity index (χ3n) is 14.3. The molecule has 0 aromatic rings. The van der Waals surface area contributed by atoms with Gasteiger partial charge < -0.3 is 9.47 Å². The van der Waals surface area contributed by atoms with E-state index in [4.69, 9.17) is 9.47 Å². The van der Waals surface area contributed by atoms with Crippen LogP contribution < -0.4 is 0 Å². The Labute approximate surface area is 238 Å². The molecule has 0 radical (unpaired) electrons. The molecule has 39 heavy (non-hydrogen) atoms. The van der Waals surface area contributed by atoms with Gasteiger partial charge in [0, 0.05) is 5.41 Å². The maximum Gasteiger partial charge on any atom is 0.312 e. The highest BCUT2D eigenvalue weighted by Gasteiger charge is 2.72. The van der Waals surface area contributed by atoms with Gasteiger partial charge in [-0.1, -0.05) is 60.6 Å². The van der Waals surface area contributed by atoms with Crippen molar-refractivity contribution in [3.05, 3.63) is 12.2 Å². The highest BCUT2D eigenvalue weighted by Crippen LogP contribution is 2.77. The number of ether oxygens (including phenoxy) is 2. The van der Waals surface area contributed by atoms with E-state index in [9.17, 15) is 9.59 Å². The van der Waals surface area contributed by atoms with Gasteiger partial charge in [-0.3, -0.25) is 9.59 Å². The molecule has 5 aliphatic carbocycles. The SMILES string of the molecule is C=C(C)[C@@H]1CC[C@]2(C(=O)OC)CC[C@]3(C)[C@H](CC[C@@H]4[C@@]5(C)CC[C@H](OC(=O)C(C)C)C(C)(C)[C@@H]5CC[C@]43C)[C@@H]12. The molecule has 5 fully saturated rings. The first kappa shape index (κ1) is 29.2. The number of allylic oxidation sites excluding steroid dienone is 1. The van der Waals surface area contributed by atoms with E-state index in [-0.39, 0.29) is 51.0 Å². The van der Waals surface area contributed by atoms with Crippen LogP contribution in [-0.4, -0.2) is 25.2 Å². The number of esters is 2. The number of fused-ring (bicyclic) bond motifs is 7. The molecule has 220 valence electrons. The van der Waals surface area contributed by atoms with Gasteiger partial charge >= 0.3 is 11.9 Å². The van der Waals surface area contributed by atoms with Crippen molar-refractivity contribution in [2.75, 3.05) is 7.11 Å². The molecule has 5 rings (SSSR count). The lowest BCUT2D eigenvalue weighted by atomic mass is 9.32. The van der Waals surface area contributed by atoms with Crippen molar-refractivity contribution in [1.82, 2.24) is 0 Å². The smallest absolute Gasteiger partial charge is 0.312 e. The molecule has 5 aliphatic rings. The van der Waals surface area contributed by atoms with Gasteiger partial charge in [0.15, 0.2) is 0 Å². The predicted octanol–water partition coefficient (Wildman–Crippen LogP) is 8.38. The van der Waals surface area contributed by atoms with Crippen LogP contribution in [0.25, 0.3) is 0 Å². The molecule has 0 N–H and O–H groups in total. The Morgan fingerprint density at radius 2 is 1.51 bits per heavy atom. The third-order valence-corrected chi connectivity index (χ3v) is 14.3. The van der Waals surface area contributed by atoms with Crippen LogP contribution in [0.5, 0.6) is 0 Å². The lowest BCUT2D eigenvalue weighted by Gasteiger charge is -2.72. The Morgan fingerprint density at radius 3 is 2.13 bits per heavy atom. The van der Waals surface area contributed by atoms with Crippen LogP contribution in [0, 0.1) is 62.6 Å². The fraction of sp³-hybridized carbons (Fsp3) is 0.886. The molecule has 0 aromatic heterocycles. The summed E-state index contributed by atoms with van der Waals surface area (Å²) in [5.41, 5.74) is 1.59. The van der Waals surface area contributed by atoms with Crippen molar-refractivity contribution in [1.29, 1.82) is 0 Å². The van der Waals surface area contributed by atoms with Crippen molar-refractivity contribution in [2.45, 2.75) is 126 Å². The zero-order valence-corrected chi connectivity index (χ0v) is 26.5. The average Bonchev–Trinajstić information content (AvgIpc) is 3.26. The molecule has 4 heteroatoms. The summed E-state index contributed by atoms with van der Waals surface area (Å²) in [5, 5.41) is 0. The fourth-order valence-corrected chi connectivity index (χ4v) is 12.2. The van der Waals surface area contributed by atoms with Crippen molar-refractivity contribution in [2.24, 2.45) is 62.6 Å². The van der Waals surface area contributed by atoms with E-state index in [0.717, 1.165) is 38.5 Å². The van der Waals surface area contributed by atoms with E-state index in [1.165, 1.54) is 31.3 Å². The first-order valence-corrected chi connectivity index (χ1v) is 16.0. The molecular formula is C35H56O4. The van der Waals surface area contributed by atoms with E-state index in [1.54, 1.807) is 7.11 Å². The molecule has 10 atom stereocenters. The van der Waals surface area contributed by atoms with Gasteiger partial charge in [0.1, 0.15) is 6.10 Å². The minimum atomic E-state index is -0.326. The Kier molecular flexibility index (Phi) is 6.99. The summed E-state index contributed by atoms with van der Waals surface area (Å²) in [7, 11) is 1.59. The monoisotopic (exact) mass is 540 g/mol. The van der Waals surface area contributed by atoms with Gasteiger partial charge in [-0.25, -0.2) is 0 Å². The second-order valence-corrected chi connectivity index (χ2v) is 16.3. The minimum Gasteiger partial charge on any atom is -0.469 e. The van der Waals surface area contributed by atoms with Crippen molar-refractivity contribution in [3.8, 4) is 0 Å². The van der Waals surface area contributed by atoms with Crippen LogP contribution in [0.4, 0.5) is 0 Å². The van der Waals surface area contributed by atoms with Crippen molar-refractivity contribution >= 4 is 11.9 Å². The van der Waals surface area contributed by atoms with Crippen molar-refractivity contribution < 1.29 is 19.1 Å². The van der Waals surface area contributed by atoms with E-state index in [1.807, 2.05) is 13.8 Å². The summed E-state index contributed by atoms with van der Waals surface area (Å²) in [5.74, 6) is 2.42. The zero-order valence-electron chi connectivity index (χ0n) is 26.5. The maximum atomic E-state index is 13.5. The summed E-state index contributed by atoms with van der Waals surface area (Å²) < 4.78 is 11.7. The highest BCUT2D eigenvalue weighted by atomic mass is 16.5. The molecule has 0 saturated heterocycles. The molecule has 0 bridgehead atoms. The number of carbonyl (C=O) groups is 2. The van der Waals surface area contributed by atoms with Crippen LogP contribution in [0.1, 0.15) is 120 Å². The van der Waals surface area contributed by atoms with Crippen LogP contribution in [0.2, 0.25) is 0 Å². The van der Waals surface area contributed by atoms with E-state index in [2.05, 4.69) is 48.1 Å². The molecule has 5 saturated carbocycles. The maximum absolute atomic E-state index is 13.5. The van der Waals surface area contributed by atoms with Crippen LogP contribution >= 0.6 is 0 Å². The van der Waals surface area contributed by atoms with Gasteiger partial charge in [-0.05, 0) is 117 Å². The predicted molar refractivity (Wildman–Crippen MR) is 156 cm³/mol. The molecule has 4 nitrogen and oxygen atoms in total. The van der Waals surface area contributed by atoms with Gasteiger partial charge in [-0.2, -0.15) is 0 Å². The molecule has 0 aromatic carbocycles. The first-order valence-electron chi connectivity index (χ1n) is 16.0.